The molecule has 0 spiro atoms. The van der Waals surface area contributed by atoms with Crippen LogP contribution >= 0.6 is 11.8 Å². The Morgan fingerprint density at radius 2 is 2.21 bits per heavy atom. The summed E-state index contributed by atoms with van der Waals surface area (Å²) in [6.45, 7) is 0.932. The third-order valence-electron chi connectivity index (χ3n) is 3.34. The topological polar surface area (TPSA) is 105 Å². The maximum Gasteiger partial charge on any atom is 0.241 e. The Labute approximate surface area is 115 Å². The molecule has 5 N–H and O–H groups in total. The summed E-state index contributed by atoms with van der Waals surface area (Å²) in [7, 11) is 0. The molecule has 7 nitrogen and oxygen atoms in total. The van der Waals surface area contributed by atoms with Gasteiger partial charge in [0.1, 0.15) is 5.82 Å². The lowest BCUT2D eigenvalue weighted by Crippen LogP contribution is -2.20. The Kier molecular flexibility index (Phi) is 3.69. The summed E-state index contributed by atoms with van der Waals surface area (Å²) in [5.74, 6) is 9.78. The first-order chi connectivity index (χ1) is 9.36. The highest BCUT2D eigenvalue weighted by molar-refractivity contribution is 7.99. The minimum atomic E-state index is 0.387. The zero-order valence-electron chi connectivity index (χ0n) is 10.5. The summed E-state index contributed by atoms with van der Waals surface area (Å²) in [4.78, 5) is 8.55. The van der Waals surface area contributed by atoms with E-state index in [0.717, 1.165) is 17.7 Å². The molecule has 8 heteroatoms. The molecule has 3 heterocycles. The highest BCUT2D eigenvalue weighted by Gasteiger charge is 2.15. The van der Waals surface area contributed by atoms with E-state index in [1.54, 1.807) is 6.20 Å². The van der Waals surface area contributed by atoms with Crippen LogP contribution in [-0.4, -0.2) is 38.2 Å². The van der Waals surface area contributed by atoms with Crippen molar-refractivity contribution in [3.63, 3.8) is 0 Å². The smallest absolute Gasteiger partial charge is 0.241 e. The molecule has 2 aromatic heterocycles. The Bertz CT molecular complexity index is 549. The fourth-order valence-electron chi connectivity index (χ4n) is 2.23. The minimum absolute atomic E-state index is 0.387. The zero-order chi connectivity index (χ0) is 13.1. The molecule has 19 heavy (non-hydrogen) atoms. The van der Waals surface area contributed by atoms with Crippen LogP contribution in [0, 0.1) is 5.92 Å². The number of thioether (sulfide) groups is 1. The quantitative estimate of drug-likeness (QED) is 0.492. The maximum atomic E-state index is 5.38. The first-order valence-electron chi connectivity index (χ1n) is 6.36. The van der Waals surface area contributed by atoms with E-state index in [2.05, 4.69) is 30.9 Å². The molecule has 1 saturated heterocycles. The van der Waals surface area contributed by atoms with Crippen LogP contribution in [-0.2, 0) is 0 Å². The molecule has 102 valence electrons. The summed E-state index contributed by atoms with van der Waals surface area (Å²) in [5, 5.41) is 11.1. The van der Waals surface area contributed by atoms with Crippen molar-refractivity contribution < 1.29 is 0 Å². The zero-order valence-corrected chi connectivity index (χ0v) is 11.3. The van der Waals surface area contributed by atoms with Crippen LogP contribution in [0.25, 0.3) is 11.0 Å². The summed E-state index contributed by atoms with van der Waals surface area (Å²) < 4.78 is 0. The van der Waals surface area contributed by atoms with Crippen LogP contribution in [0.5, 0.6) is 0 Å². The predicted molar refractivity (Wildman–Crippen MR) is 78.0 cm³/mol. The van der Waals surface area contributed by atoms with E-state index >= 15 is 0 Å². The summed E-state index contributed by atoms with van der Waals surface area (Å²) in [6.07, 6.45) is 4.26. The molecule has 0 saturated carbocycles. The van der Waals surface area contributed by atoms with Gasteiger partial charge in [0.2, 0.25) is 5.95 Å². The van der Waals surface area contributed by atoms with Crippen molar-refractivity contribution in [2.24, 2.45) is 11.8 Å². The van der Waals surface area contributed by atoms with E-state index in [1.165, 1.54) is 24.3 Å². The van der Waals surface area contributed by atoms with Crippen molar-refractivity contribution in [1.29, 1.82) is 0 Å². The number of hydrazine groups is 1. The number of hydrogen-bond acceptors (Lipinski definition) is 7. The fraction of sp³-hybridized carbons (Fsp3) is 0.545. The highest BCUT2D eigenvalue weighted by atomic mass is 32.2. The molecular weight excluding hydrogens is 262 g/mol. The molecule has 1 aliphatic rings. The maximum absolute atomic E-state index is 5.38. The van der Waals surface area contributed by atoms with Gasteiger partial charge in [0, 0.05) is 6.54 Å². The Morgan fingerprint density at radius 3 is 3.00 bits per heavy atom. The highest BCUT2D eigenvalue weighted by Crippen LogP contribution is 2.24. The summed E-state index contributed by atoms with van der Waals surface area (Å²) in [5.41, 5.74) is 3.16. The van der Waals surface area contributed by atoms with Crippen LogP contribution in [0.4, 0.5) is 11.8 Å². The Morgan fingerprint density at radius 1 is 1.37 bits per heavy atom. The monoisotopic (exact) mass is 279 g/mol. The van der Waals surface area contributed by atoms with Gasteiger partial charge in [-0.05, 0) is 30.3 Å². The van der Waals surface area contributed by atoms with Gasteiger partial charge in [0.05, 0.1) is 11.6 Å². The van der Waals surface area contributed by atoms with Crippen molar-refractivity contribution >= 4 is 34.6 Å². The standard InChI is InChI=1S/C11H17N7S/c12-17-11-15-9(8-6-14-18-10(8)16-11)13-5-7-1-3-19-4-2-7/h6-7H,1-5,12H2,(H3,13,14,15,16,17,18). The number of nitrogen functional groups attached to an aromatic ring is 1. The number of aromatic nitrogens is 4. The van der Waals surface area contributed by atoms with Gasteiger partial charge in [0.25, 0.3) is 0 Å². The van der Waals surface area contributed by atoms with Crippen LogP contribution < -0.4 is 16.6 Å². The molecule has 0 atom stereocenters. The molecule has 0 bridgehead atoms. The van der Waals surface area contributed by atoms with Crippen molar-refractivity contribution in [1.82, 2.24) is 20.2 Å². The van der Waals surface area contributed by atoms with Gasteiger partial charge in [0.15, 0.2) is 5.65 Å². The third kappa shape index (κ3) is 2.74. The molecule has 0 aromatic carbocycles. The number of nitrogens with two attached hydrogens (primary N) is 1. The van der Waals surface area contributed by atoms with Gasteiger partial charge in [-0.15, -0.1) is 0 Å². The lowest BCUT2D eigenvalue weighted by Gasteiger charge is -2.21. The number of rotatable bonds is 4. The average molecular weight is 279 g/mol. The molecule has 0 radical (unpaired) electrons. The second kappa shape index (κ2) is 5.62. The van der Waals surface area contributed by atoms with E-state index in [1.807, 2.05) is 11.8 Å². The molecule has 0 aliphatic carbocycles. The summed E-state index contributed by atoms with van der Waals surface area (Å²) in [6, 6.07) is 0. The first-order valence-corrected chi connectivity index (χ1v) is 7.51. The van der Waals surface area contributed by atoms with Crippen molar-refractivity contribution in [2.75, 3.05) is 28.8 Å². The van der Waals surface area contributed by atoms with Crippen LogP contribution in [0.3, 0.4) is 0 Å². The van der Waals surface area contributed by atoms with E-state index in [4.69, 9.17) is 5.84 Å². The van der Waals surface area contributed by atoms with E-state index < -0.39 is 0 Å². The van der Waals surface area contributed by atoms with Crippen molar-refractivity contribution in [3.05, 3.63) is 6.20 Å². The van der Waals surface area contributed by atoms with E-state index in [9.17, 15) is 0 Å². The SMILES string of the molecule is NNc1nc(NCC2CCSCC2)c2cn[nH]c2n1. The van der Waals surface area contributed by atoms with Gasteiger partial charge in [-0.1, -0.05) is 0 Å². The average Bonchev–Trinajstić information content (AvgIpc) is 2.94. The third-order valence-corrected chi connectivity index (χ3v) is 4.39. The normalized spacial score (nSPS) is 16.7. The van der Waals surface area contributed by atoms with E-state index in [-0.39, 0.29) is 0 Å². The molecule has 3 rings (SSSR count). The lowest BCUT2D eigenvalue weighted by molar-refractivity contribution is 0.516. The number of nitrogens with zero attached hydrogens (tertiary/aromatic N) is 3. The van der Waals surface area contributed by atoms with Crippen LogP contribution in [0.2, 0.25) is 0 Å². The van der Waals surface area contributed by atoms with Crippen LogP contribution in [0.1, 0.15) is 12.8 Å². The molecule has 1 aliphatic heterocycles. The molecule has 1 fully saturated rings. The second-order valence-electron chi connectivity index (χ2n) is 4.61. The van der Waals surface area contributed by atoms with Crippen molar-refractivity contribution in [3.8, 4) is 0 Å². The Hall–Kier alpha value is -1.54. The largest absolute Gasteiger partial charge is 0.369 e. The minimum Gasteiger partial charge on any atom is -0.369 e. The van der Waals surface area contributed by atoms with Gasteiger partial charge in [-0.3, -0.25) is 10.5 Å². The van der Waals surface area contributed by atoms with Crippen molar-refractivity contribution in [2.45, 2.75) is 12.8 Å². The second-order valence-corrected chi connectivity index (χ2v) is 5.83. The number of anilines is 2. The summed E-state index contributed by atoms with van der Waals surface area (Å²) >= 11 is 2.04. The molecular formula is C11H17N7S. The molecule has 0 amide bonds. The first kappa shape index (κ1) is 12.5. The number of hydrogen-bond donors (Lipinski definition) is 4. The van der Waals surface area contributed by atoms with Crippen LogP contribution in [0.15, 0.2) is 6.20 Å². The predicted octanol–water partition coefficient (Wildman–Crippen LogP) is 1.19. The fourth-order valence-corrected chi connectivity index (χ4v) is 3.43. The lowest BCUT2D eigenvalue weighted by atomic mass is 10.0. The van der Waals surface area contributed by atoms with Gasteiger partial charge in [-0.2, -0.15) is 26.8 Å². The Balaban J connectivity index is 1.77. The van der Waals surface area contributed by atoms with Gasteiger partial charge < -0.3 is 5.32 Å². The van der Waals surface area contributed by atoms with Gasteiger partial charge in [-0.25, -0.2) is 5.84 Å². The number of fused-ring (bicyclic) bond motifs is 1. The number of aromatic amines is 1. The van der Waals surface area contributed by atoms with E-state index in [0.29, 0.717) is 17.5 Å². The number of nitrogens with one attached hydrogen (secondary N) is 3. The number of H-pyrrole nitrogens is 1. The van der Waals surface area contributed by atoms with Gasteiger partial charge >= 0.3 is 0 Å². The molecule has 0 unspecified atom stereocenters. The molecule has 2 aromatic rings.